The highest BCUT2D eigenvalue weighted by Gasteiger charge is 2.32. The van der Waals surface area contributed by atoms with Crippen LogP contribution in [0.1, 0.15) is 13.3 Å². The molecule has 2 aromatic rings. The molecule has 0 aromatic heterocycles. The number of carbonyl (C=O) groups excluding carboxylic acids is 1. The smallest absolute Gasteiger partial charge is 0.243 e. The van der Waals surface area contributed by atoms with Gasteiger partial charge in [-0.2, -0.15) is 4.31 Å². The number of piperazine rings is 1. The van der Waals surface area contributed by atoms with Gasteiger partial charge < -0.3 is 14.4 Å². The summed E-state index contributed by atoms with van der Waals surface area (Å²) < 4.78 is 38.9. The van der Waals surface area contributed by atoms with Crippen molar-refractivity contribution in [2.24, 2.45) is 0 Å². The van der Waals surface area contributed by atoms with E-state index < -0.39 is 10.0 Å². The van der Waals surface area contributed by atoms with Crippen LogP contribution in [0.3, 0.4) is 0 Å². The molecule has 2 aromatic carbocycles. The highest BCUT2D eigenvalue weighted by atomic mass is 35.5. The summed E-state index contributed by atoms with van der Waals surface area (Å²) in [6.45, 7) is 4.11. The van der Waals surface area contributed by atoms with Crippen LogP contribution in [0.25, 0.3) is 0 Å². The van der Waals surface area contributed by atoms with Crippen molar-refractivity contribution in [3.8, 4) is 11.5 Å². The summed E-state index contributed by atoms with van der Waals surface area (Å²) in [6.07, 6.45) is 0.751. The molecule has 2 aliphatic rings. The molecule has 0 radical (unpaired) electrons. The zero-order valence-corrected chi connectivity index (χ0v) is 20.1. The SMILES string of the molecule is CC(Sc1ccc(Cl)cc1)C(=O)N1CCN(S(=O)(=O)c2ccc3c(c2)OCCCO3)CC1. The number of ether oxygens (including phenoxy) is 2. The molecule has 0 bridgehead atoms. The Morgan fingerprint density at radius 2 is 1.66 bits per heavy atom. The van der Waals surface area contributed by atoms with Gasteiger partial charge in [-0.1, -0.05) is 11.6 Å². The fraction of sp³-hybridized carbons (Fsp3) is 0.409. The molecule has 32 heavy (non-hydrogen) atoms. The average Bonchev–Trinajstić information content (AvgIpc) is 3.05. The minimum atomic E-state index is -3.69. The third-order valence-corrected chi connectivity index (χ3v) is 8.63. The second-order valence-corrected chi connectivity index (χ2v) is 11.4. The number of fused-ring (bicyclic) bond motifs is 1. The van der Waals surface area contributed by atoms with E-state index in [0.29, 0.717) is 42.8 Å². The fourth-order valence-electron chi connectivity index (χ4n) is 3.63. The van der Waals surface area contributed by atoms with Crippen LogP contribution in [-0.4, -0.2) is 68.2 Å². The highest BCUT2D eigenvalue weighted by Crippen LogP contribution is 2.33. The van der Waals surface area contributed by atoms with Crippen molar-refractivity contribution in [3.05, 3.63) is 47.5 Å². The maximum absolute atomic E-state index is 13.1. The van der Waals surface area contributed by atoms with Gasteiger partial charge in [0.15, 0.2) is 11.5 Å². The summed E-state index contributed by atoms with van der Waals surface area (Å²) in [6, 6.07) is 12.1. The van der Waals surface area contributed by atoms with Crippen LogP contribution < -0.4 is 9.47 Å². The third kappa shape index (κ3) is 5.17. The number of hydrogen-bond donors (Lipinski definition) is 0. The first-order chi connectivity index (χ1) is 15.3. The first-order valence-electron chi connectivity index (χ1n) is 10.5. The molecule has 172 valence electrons. The maximum atomic E-state index is 13.1. The Morgan fingerprint density at radius 3 is 2.34 bits per heavy atom. The largest absolute Gasteiger partial charge is 0.490 e. The molecule has 1 saturated heterocycles. The van der Waals surface area contributed by atoms with Gasteiger partial charge in [0.2, 0.25) is 15.9 Å². The van der Waals surface area contributed by atoms with Gasteiger partial charge in [0.25, 0.3) is 0 Å². The number of halogens is 1. The Morgan fingerprint density at radius 1 is 1.00 bits per heavy atom. The summed E-state index contributed by atoms with van der Waals surface area (Å²) in [4.78, 5) is 15.7. The van der Waals surface area contributed by atoms with Crippen molar-refractivity contribution in [2.75, 3.05) is 39.4 Å². The van der Waals surface area contributed by atoms with Crippen LogP contribution in [0.15, 0.2) is 52.3 Å². The van der Waals surface area contributed by atoms with Gasteiger partial charge in [0.1, 0.15) is 0 Å². The van der Waals surface area contributed by atoms with E-state index >= 15 is 0 Å². The Bertz CT molecular complexity index is 1070. The van der Waals surface area contributed by atoms with E-state index in [4.69, 9.17) is 21.1 Å². The number of sulfonamides is 1. The number of benzene rings is 2. The lowest BCUT2D eigenvalue weighted by molar-refractivity contribution is -0.131. The van der Waals surface area contributed by atoms with Crippen molar-refractivity contribution in [3.63, 3.8) is 0 Å². The van der Waals surface area contributed by atoms with Crippen LogP contribution in [0.2, 0.25) is 5.02 Å². The lowest BCUT2D eigenvalue weighted by Crippen LogP contribution is -2.52. The van der Waals surface area contributed by atoms with Crippen LogP contribution in [0.5, 0.6) is 11.5 Å². The van der Waals surface area contributed by atoms with Crippen molar-refractivity contribution in [1.82, 2.24) is 9.21 Å². The summed E-state index contributed by atoms with van der Waals surface area (Å²) >= 11 is 7.38. The molecule has 0 spiro atoms. The Labute approximate surface area is 197 Å². The number of hydrogen-bond acceptors (Lipinski definition) is 6. The van der Waals surface area contributed by atoms with E-state index in [0.717, 1.165) is 11.3 Å². The molecule has 1 atom stereocenters. The Balaban J connectivity index is 1.37. The van der Waals surface area contributed by atoms with Gasteiger partial charge in [0.05, 0.1) is 23.4 Å². The molecule has 2 aliphatic heterocycles. The minimum absolute atomic E-state index is 0.00224. The number of carbonyl (C=O) groups is 1. The predicted molar refractivity (Wildman–Crippen MR) is 124 cm³/mol. The molecule has 0 aliphatic carbocycles. The number of rotatable bonds is 5. The molecule has 7 nitrogen and oxygen atoms in total. The fourth-order valence-corrected chi connectivity index (χ4v) is 6.14. The Hall–Kier alpha value is -1.94. The highest BCUT2D eigenvalue weighted by molar-refractivity contribution is 8.00. The molecule has 1 fully saturated rings. The number of nitrogens with zero attached hydrogens (tertiary/aromatic N) is 2. The van der Waals surface area contributed by atoms with Crippen molar-refractivity contribution >= 4 is 39.3 Å². The van der Waals surface area contributed by atoms with Crippen LogP contribution in [0.4, 0.5) is 0 Å². The lowest BCUT2D eigenvalue weighted by Gasteiger charge is -2.35. The van der Waals surface area contributed by atoms with E-state index in [1.807, 2.05) is 19.1 Å². The minimum Gasteiger partial charge on any atom is -0.490 e. The second-order valence-electron chi connectivity index (χ2n) is 7.60. The molecule has 0 N–H and O–H groups in total. The quantitative estimate of drug-likeness (QED) is 0.589. The molecule has 0 saturated carbocycles. The number of amides is 1. The zero-order chi connectivity index (χ0) is 22.7. The Kier molecular flexibility index (Phi) is 7.19. The first-order valence-corrected chi connectivity index (χ1v) is 13.2. The molecular weight excluding hydrogens is 472 g/mol. The van der Waals surface area contributed by atoms with Crippen molar-refractivity contribution in [1.29, 1.82) is 0 Å². The average molecular weight is 497 g/mol. The third-order valence-electron chi connectivity index (χ3n) is 5.38. The monoisotopic (exact) mass is 496 g/mol. The lowest BCUT2D eigenvalue weighted by atomic mass is 10.3. The second kappa shape index (κ2) is 9.91. The normalized spacial score (nSPS) is 18.1. The maximum Gasteiger partial charge on any atom is 0.243 e. The summed E-state index contributed by atoms with van der Waals surface area (Å²) in [5.41, 5.74) is 0. The van der Waals surface area contributed by atoms with E-state index in [2.05, 4.69) is 0 Å². The summed E-state index contributed by atoms with van der Waals surface area (Å²) in [7, 11) is -3.69. The van der Waals surface area contributed by atoms with Crippen molar-refractivity contribution in [2.45, 2.75) is 28.4 Å². The van der Waals surface area contributed by atoms with Gasteiger partial charge in [-0.3, -0.25) is 4.79 Å². The van der Waals surface area contributed by atoms with E-state index in [9.17, 15) is 13.2 Å². The zero-order valence-electron chi connectivity index (χ0n) is 17.7. The van der Waals surface area contributed by atoms with Gasteiger partial charge in [-0.05, 0) is 43.3 Å². The molecular formula is C22H25ClN2O5S2. The molecule has 1 unspecified atom stereocenters. The van der Waals surface area contributed by atoms with Crippen LogP contribution in [0, 0.1) is 0 Å². The van der Waals surface area contributed by atoms with Gasteiger partial charge in [-0.15, -0.1) is 11.8 Å². The summed E-state index contributed by atoms with van der Waals surface area (Å²) in [5.74, 6) is 1.01. The predicted octanol–water partition coefficient (Wildman–Crippen LogP) is 3.52. The van der Waals surface area contributed by atoms with Crippen molar-refractivity contribution < 1.29 is 22.7 Å². The molecule has 2 heterocycles. The van der Waals surface area contributed by atoms with E-state index in [1.165, 1.54) is 22.1 Å². The van der Waals surface area contributed by atoms with E-state index in [1.54, 1.807) is 29.2 Å². The van der Waals surface area contributed by atoms with E-state index in [-0.39, 0.29) is 29.1 Å². The topological polar surface area (TPSA) is 76.2 Å². The number of thioether (sulfide) groups is 1. The summed E-state index contributed by atoms with van der Waals surface area (Å²) in [5, 5.41) is 0.375. The molecule has 4 rings (SSSR count). The van der Waals surface area contributed by atoms with Gasteiger partial charge in [-0.25, -0.2) is 8.42 Å². The van der Waals surface area contributed by atoms with Gasteiger partial charge in [0, 0.05) is 48.6 Å². The standard InChI is InChI=1S/C22H25ClN2O5S2/c1-16(31-18-5-3-17(23)4-6-18)22(26)24-9-11-25(12-10-24)32(27,28)19-7-8-20-21(15-19)30-14-2-13-29-20/h3-8,15-16H,2,9-14H2,1H3. The van der Waals surface area contributed by atoms with Crippen LogP contribution >= 0.6 is 23.4 Å². The molecule has 10 heteroatoms. The van der Waals surface area contributed by atoms with Crippen LogP contribution in [-0.2, 0) is 14.8 Å². The first kappa shape index (κ1) is 23.2. The molecule has 1 amide bonds. The van der Waals surface area contributed by atoms with Gasteiger partial charge >= 0.3 is 0 Å².